The van der Waals surface area contributed by atoms with Crippen LogP contribution < -0.4 is 10.6 Å². The lowest BCUT2D eigenvalue weighted by molar-refractivity contribution is -0.124. The topological polar surface area (TPSA) is 93.7 Å². The Kier molecular flexibility index (Phi) is 10.9. The SMILES string of the molecule is COCCNC(=O)CSc1ccccc1C(=O)OCC(=O)NCCc1ccc(Cl)cc1. The lowest BCUT2D eigenvalue weighted by atomic mass is 10.1. The van der Waals surface area contributed by atoms with Crippen LogP contribution >= 0.6 is 23.4 Å². The quantitative estimate of drug-likeness (QED) is 0.285. The molecule has 166 valence electrons. The van der Waals surface area contributed by atoms with Gasteiger partial charge in [-0.2, -0.15) is 0 Å². The molecule has 0 aliphatic rings. The Morgan fingerprint density at radius 3 is 2.42 bits per heavy atom. The number of nitrogens with one attached hydrogen (secondary N) is 2. The van der Waals surface area contributed by atoms with Crippen LogP contribution in [0.5, 0.6) is 0 Å². The highest BCUT2D eigenvalue weighted by molar-refractivity contribution is 8.00. The molecule has 0 fully saturated rings. The molecule has 2 N–H and O–H groups in total. The fraction of sp³-hybridized carbons (Fsp3) is 0.318. The van der Waals surface area contributed by atoms with E-state index >= 15 is 0 Å². The zero-order chi connectivity index (χ0) is 22.5. The minimum absolute atomic E-state index is 0.152. The Morgan fingerprint density at radius 1 is 0.968 bits per heavy atom. The molecule has 0 atom stereocenters. The van der Waals surface area contributed by atoms with Crippen LogP contribution in [-0.4, -0.2) is 56.9 Å². The number of carbonyl (C=O) groups excluding carboxylic acids is 3. The zero-order valence-corrected chi connectivity index (χ0v) is 18.8. The van der Waals surface area contributed by atoms with Gasteiger partial charge in [-0.3, -0.25) is 9.59 Å². The summed E-state index contributed by atoms with van der Waals surface area (Å²) in [5, 5.41) is 6.09. The van der Waals surface area contributed by atoms with Gasteiger partial charge in [-0.05, 0) is 36.2 Å². The summed E-state index contributed by atoms with van der Waals surface area (Å²) in [6, 6.07) is 14.2. The third kappa shape index (κ3) is 9.42. The standard InChI is InChI=1S/C22H25ClN2O5S/c1-29-13-12-25-21(27)15-31-19-5-3-2-4-18(19)22(28)30-14-20(26)24-11-10-16-6-8-17(23)9-7-16/h2-9H,10-15H2,1H3,(H,24,26)(H,25,27). The average Bonchev–Trinajstić information content (AvgIpc) is 2.78. The van der Waals surface area contributed by atoms with Crippen LogP contribution in [0.2, 0.25) is 5.02 Å². The number of thioether (sulfide) groups is 1. The van der Waals surface area contributed by atoms with Gasteiger partial charge in [0.1, 0.15) is 0 Å². The van der Waals surface area contributed by atoms with Crippen molar-refractivity contribution in [3.05, 3.63) is 64.7 Å². The predicted octanol–water partition coefficient (Wildman–Crippen LogP) is 2.71. The van der Waals surface area contributed by atoms with Crippen molar-refractivity contribution in [1.29, 1.82) is 0 Å². The third-order valence-electron chi connectivity index (χ3n) is 4.08. The molecule has 0 bridgehead atoms. The normalized spacial score (nSPS) is 10.4. The minimum atomic E-state index is -0.615. The fourth-order valence-corrected chi connectivity index (χ4v) is 3.50. The number of carbonyl (C=O) groups is 3. The van der Waals surface area contributed by atoms with E-state index in [0.29, 0.717) is 41.6 Å². The number of hydrogen-bond acceptors (Lipinski definition) is 6. The lowest BCUT2D eigenvalue weighted by Crippen LogP contribution is -2.30. The van der Waals surface area contributed by atoms with Gasteiger partial charge in [0.25, 0.3) is 5.91 Å². The maximum atomic E-state index is 12.4. The van der Waals surface area contributed by atoms with Crippen LogP contribution in [0, 0.1) is 0 Å². The van der Waals surface area contributed by atoms with Gasteiger partial charge in [0.15, 0.2) is 6.61 Å². The second-order valence-corrected chi connectivity index (χ2v) is 7.88. The molecule has 0 saturated carbocycles. The summed E-state index contributed by atoms with van der Waals surface area (Å²) in [5.74, 6) is -1.01. The van der Waals surface area contributed by atoms with E-state index in [2.05, 4.69) is 10.6 Å². The molecule has 2 amide bonds. The number of halogens is 1. The van der Waals surface area contributed by atoms with E-state index < -0.39 is 5.97 Å². The molecule has 2 rings (SSSR count). The third-order valence-corrected chi connectivity index (χ3v) is 5.40. The van der Waals surface area contributed by atoms with Crippen molar-refractivity contribution < 1.29 is 23.9 Å². The molecule has 2 aromatic rings. The van der Waals surface area contributed by atoms with Crippen LogP contribution in [0.25, 0.3) is 0 Å². The zero-order valence-electron chi connectivity index (χ0n) is 17.2. The predicted molar refractivity (Wildman–Crippen MR) is 120 cm³/mol. The molecular weight excluding hydrogens is 440 g/mol. The van der Waals surface area contributed by atoms with Gasteiger partial charge < -0.3 is 20.1 Å². The first kappa shape index (κ1) is 24.7. The van der Waals surface area contributed by atoms with Crippen molar-refractivity contribution in [2.24, 2.45) is 0 Å². The van der Waals surface area contributed by atoms with Crippen LogP contribution in [0.3, 0.4) is 0 Å². The number of hydrogen-bond donors (Lipinski definition) is 2. The van der Waals surface area contributed by atoms with E-state index in [4.69, 9.17) is 21.1 Å². The molecule has 7 nitrogen and oxygen atoms in total. The largest absolute Gasteiger partial charge is 0.452 e. The molecule has 31 heavy (non-hydrogen) atoms. The minimum Gasteiger partial charge on any atom is -0.452 e. The Bertz CT molecular complexity index is 876. The molecular formula is C22H25ClN2O5S. The molecule has 0 heterocycles. The first-order chi connectivity index (χ1) is 15.0. The Hall–Kier alpha value is -2.55. The molecule has 0 aromatic heterocycles. The van der Waals surface area contributed by atoms with Crippen molar-refractivity contribution in [3.8, 4) is 0 Å². The van der Waals surface area contributed by atoms with E-state index in [1.54, 1.807) is 43.5 Å². The van der Waals surface area contributed by atoms with E-state index in [0.717, 1.165) is 5.56 Å². The number of benzene rings is 2. The number of esters is 1. The van der Waals surface area contributed by atoms with E-state index in [9.17, 15) is 14.4 Å². The van der Waals surface area contributed by atoms with Gasteiger partial charge >= 0.3 is 5.97 Å². The molecule has 0 aliphatic heterocycles. The highest BCUT2D eigenvalue weighted by Gasteiger charge is 2.15. The summed E-state index contributed by atoms with van der Waals surface area (Å²) >= 11 is 7.07. The molecule has 9 heteroatoms. The number of rotatable bonds is 12. The van der Waals surface area contributed by atoms with Crippen LogP contribution in [0.1, 0.15) is 15.9 Å². The first-order valence-corrected chi connectivity index (χ1v) is 11.0. The Morgan fingerprint density at radius 2 is 1.68 bits per heavy atom. The fourth-order valence-electron chi connectivity index (χ4n) is 2.51. The summed E-state index contributed by atoms with van der Waals surface area (Å²) in [5.41, 5.74) is 1.35. The van der Waals surface area contributed by atoms with Crippen molar-refractivity contribution in [2.45, 2.75) is 11.3 Å². The number of methoxy groups -OCH3 is 1. The number of ether oxygens (including phenoxy) is 2. The number of amides is 2. The maximum Gasteiger partial charge on any atom is 0.339 e. The van der Waals surface area contributed by atoms with Crippen molar-refractivity contribution in [3.63, 3.8) is 0 Å². The molecule has 2 aromatic carbocycles. The molecule has 0 spiro atoms. The molecule has 0 unspecified atom stereocenters. The van der Waals surface area contributed by atoms with E-state index in [-0.39, 0.29) is 24.2 Å². The van der Waals surface area contributed by atoms with Crippen LogP contribution in [0.4, 0.5) is 0 Å². The highest BCUT2D eigenvalue weighted by Crippen LogP contribution is 2.23. The van der Waals surface area contributed by atoms with Crippen LogP contribution in [0.15, 0.2) is 53.4 Å². The summed E-state index contributed by atoms with van der Waals surface area (Å²) < 4.78 is 10.0. The summed E-state index contributed by atoms with van der Waals surface area (Å²) in [4.78, 5) is 36.8. The first-order valence-electron chi connectivity index (χ1n) is 9.65. The van der Waals surface area contributed by atoms with E-state index in [1.165, 1.54) is 11.8 Å². The lowest BCUT2D eigenvalue weighted by Gasteiger charge is -2.10. The summed E-state index contributed by atoms with van der Waals surface area (Å²) in [6.07, 6.45) is 0.642. The van der Waals surface area contributed by atoms with Crippen molar-refractivity contribution >= 4 is 41.1 Å². The van der Waals surface area contributed by atoms with Gasteiger partial charge in [0.2, 0.25) is 5.91 Å². The Balaban J connectivity index is 1.76. The molecule has 0 saturated heterocycles. The molecule has 0 radical (unpaired) electrons. The van der Waals surface area contributed by atoms with E-state index in [1.807, 2.05) is 12.1 Å². The van der Waals surface area contributed by atoms with Gasteiger partial charge in [0, 0.05) is 30.1 Å². The second kappa shape index (κ2) is 13.7. The second-order valence-electron chi connectivity index (χ2n) is 6.43. The Labute approximate surface area is 190 Å². The van der Waals surface area contributed by atoms with Gasteiger partial charge in [-0.25, -0.2) is 4.79 Å². The highest BCUT2D eigenvalue weighted by atomic mass is 35.5. The summed E-state index contributed by atoms with van der Waals surface area (Å²) in [7, 11) is 1.56. The summed E-state index contributed by atoms with van der Waals surface area (Å²) in [6.45, 7) is 0.895. The van der Waals surface area contributed by atoms with Crippen molar-refractivity contribution in [2.75, 3.05) is 39.2 Å². The van der Waals surface area contributed by atoms with Gasteiger partial charge in [0.05, 0.1) is 17.9 Å². The average molecular weight is 465 g/mol. The van der Waals surface area contributed by atoms with Crippen LogP contribution in [-0.2, 0) is 25.5 Å². The van der Waals surface area contributed by atoms with Gasteiger partial charge in [-0.1, -0.05) is 35.9 Å². The maximum absolute atomic E-state index is 12.4. The van der Waals surface area contributed by atoms with Crippen molar-refractivity contribution in [1.82, 2.24) is 10.6 Å². The monoisotopic (exact) mass is 464 g/mol. The smallest absolute Gasteiger partial charge is 0.339 e. The van der Waals surface area contributed by atoms with Gasteiger partial charge in [-0.15, -0.1) is 11.8 Å². The molecule has 0 aliphatic carbocycles.